The lowest BCUT2D eigenvalue weighted by Crippen LogP contribution is -2.24. The van der Waals surface area contributed by atoms with Gasteiger partial charge in [0.15, 0.2) is 23.0 Å². The Labute approximate surface area is 235 Å². The van der Waals surface area contributed by atoms with Crippen molar-refractivity contribution < 1.29 is 38.1 Å². The van der Waals surface area contributed by atoms with E-state index in [4.69, 9.17) is 23.4 Å². The summed E-state index contributed by atoms with van der Waals surface area (Å²) in [7, 11) is 1.53. The van der Waals surface area contributed by atoms with Gasteiger partial charge < -0.3 is 28.5 Å². The van der Waals surface area contributed by atoms with Gasteiger partial charge in [-0.1, -0.05) is 18.2 Å². The monoisotopic (exact) mass is 556 g/mol. The Morgan fingerprint density at radius 1 is 1.10 bits per heavy atom. The molecule has 0 saturated heterocycles. The standard InChI is InChI=1S/C32H28O9/c1-16-12-25(34)40-31-27(16)30(36)28(17(2)33)32-29(31)21(15-26(35)41-32)19-5-7-23(24(14-19)37-3)39-10-8-18-4-6-22-20(13-18)9-11-38-22/h4-7,12-14,21,36H,8-11,15H2,1-3H3. The van der Waals surface area contributed by atoms with Crippen LogP contribution in [0.4, 0.5) is 0 Å². The number of esters is 1. The highest BCUT2D eigenvalue weighted by Gasteiger charge is 2.37. The molecule has 6 rings (SSSR count). The third-order valence-corrected chi connectivity index (χ3v) is 7.63. The Kier molecular flexibility index (Phi) is 6.65. The summed E-state index contributed by atoms with van der Waals surface area (Å²) in [5.41, 5.74) is 3.12. The molecule has 1 unspecified atom stereocenters. The third kappa shape index (κ3) is 4.67. The molecule has 210 valence electrons. The third-order valence-electron chi connectivity index (χ3n) is 7.63. The Morgan fingerprint density at radius 2 is 1.93 bits per heavy atom. The van der Waals surface area contributed by atoms with Crippen LogP contribution in [0.25, 0.3) is 11.0 Å². The second-order valence-electron chi connectivity index (χ2n) is 10.3. The molecule has 0 spiro atoms. The first kappa shape index (κ1) is 26.4. The molecule has 41 heavy (non-hydrogen) atoms. The molecule has 0 amide bonds. The van der Waals surface area contributed by atoms with Crippen molar-refractivity contribution in [2.24, 2.45) is 0 Å². The molecule has 4 aromatic rings. The lowest BCUT2D eigenvalue weighted by atomic mass is 9.82. The van der Waals surface area contributed by atoms with Crippen LogP contribution in [0.2, 0.25) is 0 Å². The summed E-state index contributed by atoms with van der Waals surface area (Å²) in [6, 6.07) is 12.7. The summed E-state index contributed by atoms with van der Waals surface area (Å²) in [5, 5.41) is 11.2. The van der Waals surface area contributed by atoms with Gasteiger partial charge in [-0.15, -0.1) is 0 Å². The first-order chi connectivity index (χ1) is 19.7. The van der Waals surface area contributed by atoms with Crippen LogP contribution in [0.1, 0.15) is 57.4 Å². The molecule has 2 aliphatic heterocycles. The first-order valence-corrected chi connectivity index (χ1v) is 13.4. The van der Waals surface area contributed by atoms with Crippen LogP contribution in [0.15, 0.2) is 51.7 Å². The summed E-state index contributed by atoms with van der Waals surface area (Å²) in [4.78, 5) is 37.8. The first-order valence-electron chi connectivity index (χ1n) is 13.4. The molecule has 0 radical (unpaired) electrons. The number of phenols is 1. The van der Waals surface area contributed by atoms with Crippen molar-refractivity contribution in [1.29, 1.82) is 0 Å². The van der Waals surface area contributed by atoms with Gasteiger partial charge in [0.2, 0.25) is 0 Å². The molecule has 1 atom stereocenters. The van der Waals surface area contributed by atoms with Gasteiger partial charge >= 0.3 is 11.6 Å². The lowest BCUT2D eigenvalue weighted by molar-refractivity contribution is -0.135. The Balaban J connectivity index is 1.37. The van der Waals surface area contributed by atoms with E-state index in [-0.39, 0.29) is 28.7 Å². The Hall–Kier alpha value is -4.79. The average molecular weight is 557 g/mol. The Morgan fingerprint density at radius 3 is 2.71 bits per heavy atom. The number of benzene rings is 3. The van der Waals surface area contributed by atoms with E-state index in [0.29, 0.717) is 47.8 Å². The number of ether oxygens (including phenoxy) is 4. The number of rotatable bonds is 7. The van der Waals surface area contributed by atoms with E-state index in [2.05, 4.69) is 6.07 Å². The molecule has 1 aromatic heterocycles. The minimum Gasteiger partial charge on any atom is -0.506 e. The van der Waals surface area contributed by atoms with Gasteiger partial charge in [0.1, 0.15) is 22.6 Å². The summed E-state index contributed by atoms with van der Waals surface area (Å²) < 4.78 is 28.3. The maximum atomic E-state index is 12.8. The number of methoxy groups -OCH3 is 1. The zero-order chi connectivity index (χ0) is 28.8. The second-order valence-corrected chi connectivity index (χ2v) is 10.3. The number of hydrogen-bond donors (Lipinski definition) is 1. The van der Waals surface area contributed by atoms with Gasteiger partial charge in [0.25, 0.3) is 0 Å². The lowest BCUT2D eigenvalue weighted by Gasteiger charge is -2.28. The van der Waals surface area contributed by atoms with Crippen LogP contribution < -0.4 is 24.6 Å². The predicted molar refractivity (Wildman–Crippen MR) is 149 cm³/mol. The van der Waals surface area contributed by atoms with Crippen molar-refractivity contribution in [3.8, 4) is 28.7 Å². The summed E-state index contributed by atoms with van der Waals surface area (Å²) >= 11 is 0. The number of Topliss-reactive ketones (excluding diaryl/α,β-unsaturated/α-hetero) is 1. The maximum Gasteiger partial charge on any atom is 0.336 e. The number of aryl methyl sites for hydroxylation is 1. The maximum absolute atomic E-state index is 12.8. The second kappa shape index (κ2) is 10.3. The van der Waals surface area contributed by atoms with Gasteiger partial charge in [0.05, 0.1) is 32.1 Å². The molecule has 2 aliphatic rings. The van der Waals surface area contributed by atoms with Crippen LogP contribution in [-0.2, 0) is 17.6 Å². The smallest absolute Gasteiger partial charge is 0.336 e. The van der Waals surface area contributed by atoms with E-state index in [9.17, 15) is 19.5 Å². The van der Waals surface area contributed by atoms with Gasteiger partial charge in [-0.3, -0.25) is 9.59 Å². The molecule has 9 heteroatoms. The minimum absolute atomic E-state index is 0.0732. The Bertz CT molecular complexity index is 1780. The van der Waals surface area contributed by atoms with Gasteiger partial charge in [-0.25, -0.2) is 4.79 Å². The molecule has 9 nitrogen and oxygen atoms in total. The van der Waals surface area contributed by atoms with Crippen LogP contribution in [-0.4, -0.2) is 37.2 Å². The fourth-order valence-electron chi connectivity index (χ4n) is 5.72. The molecule has 3 heterocycles. The van der Waals surface area contributed by atoms with E-state index >= 15 is 0 Å². The van der Waals surface area contributed by atoms with Crippen LogP contribution in [0, 0.1) is 6.92 Å². The number of phenolic OH excluding ortho intramolecular Hbond substituents is 1. The number of carbonyl (C=O) groups excluding carboxylic acids is 2. The summed E-state index contributed by atoms with van der Waals surface area (Å²) in [6.07, 6.45) is 1.53. The van der Waals surface area contributed by atoms with Crippen molar-refractivity contribution in [1.82, 2.24) is 0 Å². The highest BCUT2D eigenvalue weighted by molar-refractivity contribution is 6.09. The van der Waals surface area contributed by atoms with Crippen molar-refractivity contribution in [2.75, 3.05) is 20.3 Å². The van der Waals surface area contributed by atoms with Crippen LogP contribution in [0.3, 0.4) is 0 Å². The number of hydrogen-bond acceptors (Lipinski definition) is 9. The van der Waals surface area contributed by atoms with E-state index in [1.54, 1.807) is 25.1 Å². The molecular formula is C32H28O9. The van der Waals surface area contributed by atoms with Crippen LogP contribution in [0.5, 0.6) is 28.7 Å². The van der Waals surface area contributed by atoms with Gasteiger partial charge in [-0.05, 0) is 54.3 Å². The molecule has 0 bridgehead atoms. The van der Waals surface area contributed by atoms with E-state index in [1.165, 1.54) is 25.7 Å². The molecule has 0 saturated carbocycles. The van der Waals surface area contributed by atoms with Gasteiger partial charge in [-0.2, -0.15) is 0 Å². The topological polar surface area (TPSA) is 122 Å². The summed E-state index contributed by atoms with van der Waals surface area (Å²) in [5.74, 6) is -0.286. The van der Waals surface area contributed by atoms with Crippen molar-refractivity contribution >= 4 is 22.7 Å². The SMILES string of the molecule is COc1cc(C2CC(=O)Oc3c(C(C)=O)c(O)c4c(C)cc(=O)oc4c32)ccc1OCCc1ccc2c(c1)CCO2. The zero-order valence-electron chi connectivity index (χ0n) is 22.9. The normalized spacial score (nSPS) is 15.6. The van der Waals surface area contributed by atoms with E-state index in [0.717, 1.165) is 17.7 Å². The number of carbonyl (C=O) groups is 2. The van der Waals surface area contributed by atoms with E-state index in [1.807, 2.05) is 12.1 Å². The highest BCUT2D eigenvalue weighted by Crippen LogP contribution is 2.50. The molecular weight excluding hydrogens is 528 g/mol. The summed E-state index contributed by atoms with van der Waals surface area (Å²) in [6.45, 7) is 4.05. The number of fused-ring (bicyclic) bond motifs is 4. The van der Waals surface area contributed by atoms with Crippen molar-refractivity contribution in [3.05, 3.63) is 86.3 Å². The van der Waals surface area contributed by atoms with Crippen molar-refractivity contribution in [3.63, 3.8) is 0 Å². The van der Waals surface area contributed by atoms with Crippen LogP contribution >= 0.6 is 0 Å². The zero-order valence-corrected chi connectivity index (χ0v) is 22.9. The number of aromatic hydroxyl groups is 1. The molecule has 0 aliphatic carbocycles. The molecule has 3 aromatic carbocycles. The fraction of sp³-hybridized carbons (Fsp3) is 0.281. The quantitative estimate of drug-likeness (QED) is 0.145. The fourth-order valence-corrected chi connectivity index (χ4v) is 5.72. The predicted octanol–water partition coefficient (Wildman–Crippen LogP) is 5.02. The minimum atomic E-state index is -0.644. The van der Waals surface area contributed by atoms with Crippen molar-refractivity contribution in [2.45, 2.75) is 39.0 Å². The largest absolute Gasteiger partial charge is 0.506 e. The highest BCUT2D eigenvalue weighted by atomic mass is 16.5. The number of ketones is 1. The average Bonchev–Trinajstić information content (AvgIpc) is 3.40. The van der Waals surface area contributed by atoms with E-state index < -0.39 is 29.0 Å². The molecule has 1 N–H and O–H groups in total. The molecule has 0 fully saturated rings. The van der Waals surface area contributed by atoms with Gasteiger partial charge in [0, 0.05) is 30.4 Å².